The number of urea groups is 1. The van der Waals surface area contributed by atoms with Gasteiger partial charge >= 0.3 is 6.03 Å². The number of likely N-dealkylation sites (N-methyl/N-ethyl adjacent to an activating group) is 3. The molecule has 0 saturated carbocycles. The predicted octanol–water partition coefficient (Wildman–Crippen LogP) is 2.69. The van der Waals surface area contributed by atoms with Gasteiger partial charge in [0, 0.05) is 56.4 Å². The molecule has 4 heterocycles. The number of carbonyl (C=O) groups is 1. The first-order chi connectivity index (χ1) is 18.9. The number of aromatic hydroxyl groups is 2. The molecule has 10 nitrogen and oxygen atoms in total. The van der Waals surface area contributed by atoms with Gasteiger partial charge in [0.25, 0.3) is 0 Å². The van der Waals surface area contributed by atoms with Crippen molar-refractivity contribution in [3.8, 4) is 11.5 Å². The summed E-state index contributed by atoms with van der Waals surface area (Å²) in [7, 11) is 7.73. The standard InChI is InChI=1S/C14H19N3O2.C13H18N2O.C2H5NOSi/c1-14-6-7-16(2)13(19)15-12(14)17(3)11-5-4-9(18)8-10(11)14;1-13-6-7-14(2)12(13)15(3)11-5-4-9(16)8-10(11)13;1-5-3-2-4/h4-5,8,12,18H,6-7H2,1-3H3,(H,15,19);4-5,8,12,16H,6-7H2,1-3H3;5H2,1H3/t12?,14-;12?,13-;/m00./s1. The SMILES string of the molecule is CN1CC[C@@]2(C)c3cc(O)ccc3N(C)C12.CN1CC[C@@]2(C)c3cc(O)ccc3N(C)C2NC1=O.C[SiH2]N=C=O. The zero-order valence-corrected chi connectivity index (χ0v) is 26.0. The Kier molecular flexibility index (Phi) is 8.21. The van der Waals surface area contributed by atoms with Crippen LogP contribution < -0.4 is 15.1 Å². The number of likely N-dealkylation sites (tertiary alicyclic amines) is 1. The van der Waals surface area contributed by atoms with Crippen LogP contribution >= 0.6 is 0 Å². The Morgan fingerprint density at radius 1 is 0.925 bits per heavy atom. The molecule has 2 aromatic carbocycles. The van der Waals surface area contributed by atoms with Crippen molar-refractivity contribution in [1.82, 2.24) is 15.1 Å². The van der Waals surface area contributed by atoms with Crippen LogP contribution in [0.15, 0.2) is 41.1 Å². The van der Waals surface area contributed by atoms with E-state index in [2.05, 4.69) is 52.6 Å². The van der Waals surface area contributed by atoms with Crippen LogP contribution in [0, 0.1) is 0 Å². The summed E-state index contributed by atoms with van der Waals surface area (Å²) >= 11 is 0. The Hall–Kier alpha value is -3.53. The third-order valence-electron chi connectivity index (χ3n) is 9.08. The van der Waals surface area contributed by atoms with Gasteiger partial charge in [-0.2, -0.15) is 0 Å². The molecule has 4 aliphatic heterocycles. The summed E-state index contributed by atoms with van der Waals surface area (Å²) in [5.74, 6) is 0.654. The molecule has 2 unspecified atom stereocenters. The van der Waals surface area contributed by atoms with Crippen molar-refractivity contribution in [3.63, 3.8) is 0 Å². The minimum absolute atomic E-state index is 0.0439. The molecule has 40 heavy (non-hydrogen) atoms. The number of phenolic OH excluding ortho intramolecular Hbond substituents is 2. The Morgan fingerprint density at radius 3 is 2.02 bits per heavy atom. The number of nitrogens with one attached hydrogen (secondary N) is 1. The number of amides is 2. The maximum absolute atomic E-state index is 12.0. The fraction of sp³-hybridized carbons (Fsp3) is 0.517. The van der Waals surface area contributed by atoms with E-state index in [1.807, 2.05) is 44.9 Å². The Morgan fingerprint density at radius 2 is 1.48 bits per heavy atom. The second-order valence-electron chi connectivity index (χ2n) is 11.7. The molecule has 6 rings (SSSR count). The van der Waals surface area contributed by atoms with Gasteiger partial charge in [0.15, 0.2) is 9.68 Å². The zero-order valence-electron chi connectivity index (χ0n) is 24.6. The fourth-order valence-corrected chi connectivity index (χ4v) is 7.02. The molecule has 0 radical (unpaired) electrons. The molecule has 2 amide bonds. The molecule has 0 spiro atoms. The average Bonchev–Trinajstić information content (AvgIpc) is 3.39. The highest BCUT2D eigenvalue weighted by Crippen LogP contribution is 2.51. The number of anilines is 2. The van der Waals surface area contributed by atoms with Gasteiger partial charge in [-0.3, -0.25) is 9.56 Å². The number of rotatable bonds is 1. The van der Waals surface area contributed by atoms with E-state index in [4.69, 9.17) is 4.79 Å². The first-order valence-corrected chi connectivity index (χ1v) is 15.8. The molecule has 0 bridgehead atoms. The summed E-state index contributed by atoms with van der Waals surface area (Å²) in [4.78, 5) is 29.7. The molecule has 2 saturated heterocycles. The lowest BCUT2D eigenvalue weighted by molar-refractivity contribution is 0.210. The lowest BCUT2D eigenvalue weighted by atomic mass is 9.79. The number of benzene rings is 2. The molecule has 216 valence electrons. The van der Waals surface area contributed by atoms with Crippen LogP contribution in [-0.4, -0.2) is 95.4 Å². The number of fused-ring (bicyclic) bond motifs is 6. The summed E-state index contributed by atoms with van der Waals surface area (Å²) in [6.45, 7) is 8.22. The van der Waals surface area contributed by atoms with E-state index in [0.717, 1.165) is 30.6 Å². The van der Waals surface area contributed by atoms with E-state index in [1.165, 1.54) is 17.3 Å². The zero-order chi connectivity index (χ0) is 29.4. The molecule has 3 N–H and O–H groups in total. The number of nitrogens with zero attached hydrogens (tertiary/aromatic N) is 5. The van der Waals surface area contributed by atoms with Gasteiger partial charge in [0.1, 0.15) is 17.7 Å². The van der Waals surface area contributed by atoms with Crippen LogP contribution in [0.2, 0.25) is 6.55 Å². The van der Waals surface area contributed by atoms with Crippen molar-refractivity contribution in [3.05, 3.63) is 47.5 Å². The molecule has 11 heteroatoms. The molecular weight excluding hydrogens is 524 g/mol. The minimum Gasteiger partial charge on any atom is -0.508 e. The second kappa shape index (κ2) is 11.2. The van der Waals surface area contributed by atoms with Crippen LogP contribution in [-0.2, 0) is 15.6 Å². The first-order valence-electron chi connectivity index (χ1n) is 13.8. The topological polar surface area (TPSA) is 112 Å². The van der Waals surface area contributed by atoms with Crippen molar-refractivity contribution in [2.24, 2.45) is 4.66 Å². The summed E-state index contributed by atoms with van der Waals surface area (Å²) in [5, 5.41) is 22.5. The van der Waals surface area contributed by atoms with Gasteiger partial charge in [-0.05, 0) is 67.4 Å². The lowest BCUT2D eigenvalue weighted by Gasteiger charge is -2.33. The third-order valence-corrected chi connectivity index (χ3v) is 9.52. The van der Waals surface area contributed by atoms with E-state index in [1.54, 1.807) is 17.0 Å². The maximum Gasteiger partial charge on any atom is 0.318 e. The first kappa shape index (κ1) is 29.4. The Bertz CT molecular complexity index is 1320. The third kappa shape index (κ3) is 4.93. The van der Waals surface area contributed by atoms with E-state index < -0.39 is 0 Å². The predicted molar refractivity (Wildman–Crippen MR) is 161 cm³/mol. The number of isocyanates is 1. The van der Waals surface area contributed by atoms with Crippen LogP contribution in [0.3, 0.4) is 0 Å². The van der Waals surface area contributed by atoms with Gasteiger partial charge in [0.2, 0.25) is 6.08 Å². The smallest absolute Gasteiger partial charge is 0.318 e. The Balaban J connectivity index is 0.000000160. The monoisotopic (exact) mass is 566 g/mol. The lowest BCUT2D eigenvalue weighted by Crippen LogP contribution is -2.53. The van der Waals surface area contributed by atoms with Crippen molar-refractivity contribution < 1.29 is 19.8 Å². The highest BCUT2D eigenvalue weighted by atomic mass is 28.2. The number of carbonyl (C=O) groups excluding carboxylic acids is 2. The average molecular weight is 567 g/mol. The van der Waals surface area contributed by atoms with Crippen molar-refractivity contribution in [2.45, 2.75) is 56.4 Å². The molecule has 2 aromatic rings. The molecule has 4 aliphatic rings. The van der Waals surface area contributed by atoms with Crippen molar-refractivity contribution >= 4 is 33.2 Å². The van der Waals surface area contributed by atoms with E-state index >= 15 is 0 Å². The quantitative estimate of drug-likeness (QED) is 0.277. The van der Waals surface area contributed by atoms with Crippen LogP contribution in [0.25, 0.3) is 0 Å². The number of hydrogen-bond acceptors (Lipinski definition) is 8. The van der Waals surface area contributed by atoms with Crippen LogP contribution in [0.4, 0.5) is 16.2 Å². The van der Waals surface area contributed by atoms with Gasteiger partial charge in [-0.25, -0.2) is 9.59 Å². The summed E-state index contributed by atoms with van der Waals surface area (Å²) in [5.41, 5.74) is 4.73. The molecule has 4 atom stereocenters. The molecular formula is C29H42N6O4Si. The van der Waals surface area contributed by atoms with E-state index in [9.17, 15) is 15.0 Å². The summed E-state index contributed by atoms with van der Waals surface area (Å²) < 4.78 is 3.31. The Labute approximate surface area is 239 Å². The molecule has 0 aromatic heterocycles. The summed E-state index contributed by atoms with van der Waals surface area (Å²) in [6.07, 6.45) is 3.85. The second-order valence-corrected chi connectivity index (χ2v) is 12.6. The minimum atomic E-state index is -0.385. The highest BCUT2D eigenvalue weighted by Gasteiger charge is 2.52. The number of hydrogen-bond donors (Lipinski definition) is 3. The van der Waals surface area contributed by atoms with Crippen molar-refractivity contribution in [2.75, 3.05) is 51.1 Å². The van der Waals surface area contributed by atoms with E-state index in [0.29, 0.717) is 18.5 Å². The fourth-order valence-electron chi connectivity index (χ4n) is 6.89. The van der Waals surface area contributed by atoms with E-state index in [-0.39, 0.29) is 38.5 Å². The normalized spacial score (nSPS) is 28.3. The van der Waals surface area contributed by atoms with Gasteiger partial charge < -0.3 is 30.2 Å². The van der Waals surface area contributed by atoms with Gasteiger partial charge in [-0.1, -0.05) is 20.4 Å². The highest BCUT2D eigenvalue weighted by molar-refractivity contribution is 6.32. The summed E-state index contributed by atoms with van der Waals surface area (Å²) in [6, 6.07) is 11.1. The van der Waals surface area contributed by atoms with Crippen LogP contribution in [0.5, 0.6) is 11.5 Å². The largest absolute Gasteiger partial charge is 0.508 e. The number of phenols is 2. The molecule has 0 aliphatic carbocycles. The molecule has 2 fully saturated rings. The van der Waals surface area contributed by atoms with Gasteiger partial charge in [0.05, 0.1) is 6.17 Å². The maximum atomic E-state index is 12.0. The van der Waals surface area contributed by atoms with Crippen LogP contribution in [0.1, 0.15) is 37.8 Å². The van der Waals surface area contributed by atoms with Crippen molar-refractivity contribution in [1.29, 1.82) is 0 Å². The van der Waals surface area contributed by atoms with Gasteiger partial charge in [-0.15, -0.1) is 0 Å².